The molecule has 0 aliphatic heterocycles. The second-order valence-electron chi connectivity index (χ2n) is 11.8. The summed E-state index contributed by atoms with van der Waals surface area (Å²) in [5.74, 6) is 4.95. The molecule has 3 rings (SSSR count). The number of hydrogen-bond acceptors (Lipinski definition) is 1. The van der Waals surface area contributed by atoms with E-state index in [0.717, 1.165) is 55.3 Å². The molecule has 2 saturated carbocycles. The maximum Gasteiger partial charge on any atom is 0.0577 e. The van der Waals surface area contributed by atoms with E-state index in [1.807, 2.05) is 0 Å². The average Bonchev–Trinajstić information content (AvgIpc) is 3.06. The molecule has 0 aromatic rings. The zero-order valence-electron chi connectivity index (χ0n) is 20.9. The van der Waals surface area contributed by atoms with Crippen LogP contribution in [0.3, 0.4) is 0 Å². The zero-order valence-corrected chi connectivity index (χ0v) is 20.9. The molecule has 0 aromatic carbocycles. The number of allylic oxidation sites excluding steroid dienone is 3. The van der Waals surface area contributed by atoms with Crippen molar-refractivity contribution in [2.45, 2.75) is 118 Å². The molecule has 0 saturated heterocycles. The van der Waals surface area contributed by atoms with Gasteiger partial charge in [0.05, 0.1) is 6.10 Å². The minimum atomic E-state index is -0.104. The van der Waals surface area contributed by atoms with Crippen LogP contribution in [0.4, 0.5) is 0 Å². The number of aliphatic hydroxyl groups is 1. The smallest absolute Gasteiger partial charge is 0.0577 e. The van der Waals surface area contributed by atoms with E-state index in [1.165, 1.54) is 50.5 Å². The van der Waals surface area contributed by atoms with E-state index in [4.69, 9.17) is 0 Å². The van der Waals surface area contributed by atoms with Gasteiger partial charge in [-0.05, 0) is 98.7 Å². The molecule has 2 fully saturated rings. The highest BCUT2D eigenvalue weighted by atomic mass is 16.3. The first-order chi connectivity index (χ1) is 14.3. The van der Waals surface area contributed by atoms with Crippen LogP contribution in [-0.2, 0) is 0 Å². The minimum absolute atomic E-state index is 0.104. The molecule has 0 spiro atoms. The van der Waals surface area contributed by atoms with E-state index >= 15 is 0 Å². The summed E-state index contributed by atoms with van der Waals surface area (Å²) < 4.78 is 0. The Hall–Kier alpha value is -0.560. The van der Waals surface area contributed by atoms with Crippen LogP contribution in [0.25, 0.3) is 0 Å². The number of aliphatic hydroxyl groups excluding tert-OH is 1. The molecule has 3 aliphatic carbocycles. The Labute approximate surface area is 187 Å². The molecule has 3 aliphatic rings. The van der Waals surface area contributed by atoms with Gasteiger partial charge in [0.2, 0.25) is 0 Å². The van der Waals surface area contributed by atoms with Gasteiger partial charge in [0.25, 0.3) is 0 Å². The summed E-state index contributed by atoms with van der Waals surface area (Å²) in [6.07, 6.45) is 18.9. The molecule has 0 heterocycles. The van der Waals surface area contributed by atoms with Crippen molar-refractivity contribution in [1.29, 1.82) is 0 Å². The van der Waals surface area contributed by atoms with Crippen molar-refractivity contribution in [2.75, 3.05) is 0 Å². The highest BCUT2D eigenvalue weighted by Gasteiger charge is 2.49. The van der Waals surface area contributed by atoms with E-state index in [0.29, 0.717) is 11.3 Å². The van der Waals surface area contributed by atoms with Gasteiger partial charge in [0, 0.05) is 0 Å². The molecule has 1 nitrogen and oxygen atoms in total. The highest BCUT2D eigenvalue weighted by Crippen LogP contribution is 2.59. The fourth-order valence-electron chi connectivity index (χ4n) is 7.53. The molecular formula is C29H50O. The Bertz CT molecular complexity index is 614. The summed E-state index contributed by atoms with van der Waals surface area (Å²) in [6.45, 7) is 14.7. The molecule has 0 aromatic heterocycles. The summed E-state index contributed by atoms with van der Waals surface area (Å²) in [4.78, 5) is 0. The lowest BCUT2D eigenvalue weighted by molar-refractivity contribution is 0.101. The second-order valence-corrected chi connectivity index (χ2v) is 11.8. The molecule has 0 bridgehead atoms. The predicted octanol–water partition coefficient (Wildman–Crippen LogP) is 8.34. The third-order valence-corrected chi connectivity index (χ3v) is 9.73. The Morgan fingerprint density at radius 2 is 1.90 bits per heavy atom. The molecule has 172 valence electrons. The van der Waals surface area contributed by atoms with Crippen molar-refractivity contribution in [3.8, 4) is 0 Å². The predicted molar refractivity (Wildman–Crippen MR) is 130 cm³/mol. The van der Waals surface area contributed by atoms with Gasteiger partial charge in [-0.2, -0.15) is 0 Å². The lowest BCUT2D eigenvalue weighted by atomic mass is 9.61. The van der Waals surface area contributed by atoms with Crippen molar-refractivity contribution in [3.63, 3.8) is 0 Å². The van der Waals surface area contributed by atoms with Crippen LogP contribution in [0.5, 0.6) is 0 Å². The first-order valence-corrected chi connectivity index (χ1v) is 13.3. The van der Waals surface area contributed by atoms with Crippen molar-refractivity contribution in [2.24, 2.45) is 40.9 Å². The van der Waals surface area contributed by atoms with Gasteiger partial charge in [0.15, 0.2) is 0 Å². The zero-order chi connectivity index (χ0) is 21.9. The van der Waals surface area contributed by atoms with E-state index in [2.05, 4.69) is 53.7 Å². The Kier molecular flexibility index (Phi) is 8.33. The van der Waals surface area contributed by atoms with Gasteiger partial charge < -0.3 is 5.11 Å². The summed E-state index contributed by atoms with van der Waals surface area (Å²) >= 11 is 0. The van der Waals surface area contributed by atoms with Crippen molar-refractivity contribution >= 4 is 0 Å². The third kappa shape index (κ3) is 5.25. The molecular weight excluding hydrogens is 364 g/mol. The highest BCUT2D eigenvalue weighted by molar-refractivity contribution is 5.24. The van der Waals surface area contributed by atoms with E-state index in [-0.39, 0.29) is 6.10 Å². The van der Waals surface area contributed by atoms with E-state index < -0.39 is 0 Å². The average molecular weight is 415 g/mol. The molecule has 0 radical (unpaired) electrons. The van der Waals surface area contributed by atoms with Crippen molar-refractivity contribution in [1.82, 2.24) is 0 Å². The van der Waals surface area contributed by atoms with E-state index in [1.54, 1.807) is 5.57 Å². The molecule has 7 unspecified atom stereocenters. The van der Waals surface area contributed by atoms with Crippen LogP contribution >= 0.6 is 0 Å². The summed E-state index contributed by atoms with van der Waals surface area (Å²) in [5.41, 5.74) is 3.76. The van der Waals surface area contributed by atoms with Gasteiger partial charge in [-0.1, -0.05) is 77.7 Å². The number of hydrogen-bond donors (Lipinski definition) is 1. The topological polar surface area (TPSA) is 20.2 Å². The van der Waals surface area contributed by atoms with Gasteiger partial charge in [-0.3, -0.25) is 0 Å². The molecule has 1 heteroatoms. The first-order valence-electron chi connectivity index (χ1n) is 13.3. The quantitative estimate of drug-likeness (QED) is 0.396. The Balaban J connectivity index is 1.63. The molecule has 7 atom stereocenters. The standard InChI is InChI=1S/C29H50O/c1-7-23(20(2)3)12-10-22(5)27-16-17-28-24(9-8-18-29(27,28)6)13-14-25-19-26(30)15-11-21(25)4/h9,14,20-23,26-28,30H,7-8,10-13,15-19H2,1-6H3. The van der Waals surface area contributed by atoms with Crippen LogP contribution in [0.15, 0.2) is 23.3 Å². The monoisotopic (exact) mass is 414 g/mol. The fraction of sp³-hybridized carbons (Fsp3) is 0.862. The van der Waals surface area contributed by atoms with E-state index in [9.17, 15) is 5.11 Å². The van der Waals surface area contributed by atoms with Crippen LogP contribution in [0.2, 0.25) is 0 Å². The third-order valence-electron chi connectivity index (χ3n) is 9.73. The lowest BCUT2D eigenvalue weighted by Gasteiger charge is -2.43. The number of fused-ring (bicyclic) bond motifs is 1. The van der Waals surface area contributed by atoms with Gasteiger partial charge in [0.1, 0.15) is 0 Å². The van der Waals surface area contributed by atoms with Gasteiger partial charge in [-0.15, -0.1) is 0 Å². The second kappa shape index (κ2) is 10.4. The maximum atomic E-state index is 10.1. The molecule has 0 amide bonds. The molecule has 1 N–H and O–H groups in total. The van der Waals surface area contributed by atoms with Crippen molar-refractivity contribution in [3.05, 3.63) is 23.3 Å². The van der Waals surface area contributed by atoms with Gasteiger partial charge in [-0.25, -0.2) is 0 Å². The lowest BCUT2D eigenvalue weighted by Crippen LogP contribution is -2.35. The summed E-state index contributed by atoms with van der Waals surface area (Å²) in [6, 6.07) is 0. The van der Waals surface area contributed by atoms with Crippen molar-refractivity contribution < 1.29 is 5.11 Å². The normalized spacial score (nSPS) is 37.9. The Morgan fingerprint density at radius 3 is 2.60 bits per heavy atom. The Morgan fingerprint density at radius 1 is 1.13 bits per heavy atom. The number of rotatable bonds is 8. The molecule has 30 heavy (non-hydrogen) atoms. The summed E-state index contributed by atoms with van der Waals surface area (Å²) in [7, 11) is 0. The van der Waals surface area contributed by atoms with Crippen LogP contribution < -0.4 is 0 Å². The fourth-order valence-corrected chi connectivity index (χ4v) is 7.53. The van der Waals surface area contributed by atoms with Crippen LogP contribution in [-0.4, -0.2) is 11.2 Å². The van der Waals surface area contributed by atoms with Crippen LogP contribution in [0, 0.1) is 40.9 Å². The SMILES string of the molecule is CCC(CCC(C)C1CCC2C(CC=C3CC(O)CCC3C)=CCCC21C)C(C)C. The minimum Gasteiger partial charge on any atom is -0.393 e. The van der Waals surface area contributed by atoms with Gasteiger partial charge >= 0.3 is 0 Å². The van der Waals surface area contributed by atoms with Crippen LogP contribution in [0.1, 0.15) is 112 Å². The largest absolute Gasteiger partial charge is 0.393 e. The maximum absolute atomic E-state index is 10.1. The summed E-state index contributed by atoms with van der Waals surface area (Å²) in [5, 5.41) is 10.1. The first kappa shape index (κ1) is 24.1.